The second-order valence-corrected chi connectivity index (χ2v) is 6.02. The van der Waals surface area contributed by atoms with Crippen LogP contribution in [0.1, 0.15) is 11.1 Å². The Morgan fingerprint density at radius 3 is 2.32 bits per heavy atom. The lowest BCUT2D eigenvalue weighted by Crippen LogP contribution is -2.19. The molecular weight excluding hydrogens is 322 g/mol. The van der Waals surface area contributed by atoms with Gasteiger partial charge in [0.2, 0.25) is 0 Å². The highest BCUT2D eigenvalue weighted by atomic mass is 79.9. The lowest BCUT2D eigenvalue weighted by molar-refractivity contribution is 0.532. The van der Waals surface area contributed by atoms with Gasteiger partial charge >= 0.3 is 0 Å². The van der Waals surface area contributed by atoms with Crippen molar-refractivity contribution in [2.75, 3.05) is 6.54 Å². The van der Waals surface area contributed by atoms with Crippen LogP contribution in [0.15, 0.2) is 53.0 Å². The van der Waals surface area contributed by atoms with E-state index in [1.54, 1.807) is 0 Å². The third-order valence-electron chi connectivity index (χ3n) is 3.24. The summed E-state index contributed by atoms with van der Waals surface area (Å²) in [6.45, 7) is 0.684. The fourth-order valence-electron chi connectivity index (χ4n) is 2.17. The molecule has 2 aromatic rings. The smallest absolute Gasteiger partial charge is 0.0406 e. The van der Waals surface area contributed by atoms with Crippen LogP contribution in [0.2, 0.25) is 5.02 Å². The number of hydrogen-bond acceptors (Lipinski definition) is 1. The summed E-state index contributed by atoms with van der Waals surface area (Å²) in [7, 11) is 0. The number of halogens is 2. The maximum absolute atomic E-state index is 5.91. The average molecular weight is 339 g/mol. The van der Waals surface area contributed by atoms with Gasteiger partial charge < -0.3 is 5.73 Å². The molecule has 0 radical (unpaired) electrons. The zero-order valence-corrected chi connectivity index (χ0v) is 13.0. The Kier molecular flexibility index (Phi) is 5.44. The van der Waals surface area contributed by atoms with E-state index < -0.39 is 0 Å². The molecule has 19 heavy (non-hydrogen) atoms. The molecule has 0 bridgehead atoms. The van der Waals surface area contributed by atoms with Gasteiger partial charge in [-0.05, 0) is 54.6 Å². The minimum absolute atomic E-state index is 0.444. The Bertz CT molecular complexity index is 525. The average Bonchev–Trinajstić information content (AvgIpc) is 2.43. The van der Waals surface area contributed by atoms with Crippen LogP contribution in [0.4, 0.5) is 0 Å². The Morgan fingerprint density at radius 2 is 1.68 bits per heavy atom. The third kappa shape index (κ3) is 4.34. The van der Waals surface area contributed by atoms with E-state index in [0.29, 0.717) is 12.5 Å². The summed E-state index contributed by atoms with van der Waals surface area (Å²) < 4.78 is 1.16. The van der Waals surface area contributed by atoms with Crippen LogP contribution in [-0.2, 0) is 12.8 Å². The van der Waals surface area contributed by atoms with Gasteiger partial charge in [0, 0.05) is 9.50 Å². The molecule has 2 N–H and O–H groups in total. The summed E-state index contributed by atoms with van der Waals surface area (Å²) in [5.74, 6) is 0.444. The SMILES string of the molecule is NCC(Cc1ccc(Cl)cc1)Cc1ccccc1Br. The second kappa shape index (κ2) is 7.09. The molecule has 0 aromatic heterocycles. The first-order chi connectivity index (χ1) is 9.19. The van der Waals surface area contributed by atoms with E-state index in [1.807, 2.05) is 18.2 Å². The maximum atomic E-state index is 5.91. The predicted octanol–water partition coefficient (Wildman–Crippen LogP) is 4.46. The Morgan fingerprint density at radius 1 is 1.00 bits per heavy atom. The van der Waals surface area contributed by atoms with Gasteiger partial charge in [-0.15, -0.1) is 0 Å². The topological polar surface area (TPSA) is 26.0 Å². The monoisotopic (exact) mass is 337 g/mol. The molecular formula is C16H17BrClN. The van der Waals surface area contributed by atoms with E-state index in [0.717, 1.165) is 22.3 Å². The minimum atomic E-state index is 0.444. The van der Waals surface area contributed by atoms with Crippen LogP contribution < -0.4 is 5.73 Å². The molecule has 0 saturated carbocycles. The van der Waals surface area contributed by atoms with E-state index in [-0.39, 0.29) is 0 Å². The molecule has 0 amide bonds. The minimum Gasteiger partial charge on any atom is -0.330 e. The summed E-state index contributed by atoms with van der Waals surface area (Å²) in [5.41, 5.74) is 8.50. The van der Waals surface area contributed by atoms with Gasteiger partial charge in [-0.3, -0.25) is 0 Å². The molecule has 0 aliphatic carbocycles. The van der Waals surface area contributed by atoms with Gasteiger partial charge in [0.25, 0.3) is 0 Å². The number of nitrogens with two attached hydrogens (primary N) is 1. The van der Waals surface area contributed by atoms with Crippen LogP contribution >= 0.6 is 27.5 Å². The van der Waals surface area contributed by atoms with E-state index in [2.05, 4.69) is 46.3 Å². The van der Waals surface area contributed by atoms with Crippen molar-refractivity contribution in [3.63, 3.8) is 0 Å². The molecule has 100 valence electrons. The normalized spacial score (nSPS) is 12.4. The Hall–Kier alpha value is -0.830. The lowest BCUT2D eigenvalue weighted by Gasteiger charge is -2.16. The van der Waals surface area contributed by atoms with Crippen LogP contribution in [0.3, 0.4) is 0 Å². The maximum Gasteiger partial charge on any atom is 0.0406 e. The molecule has 0 heterocycles. The third-order valence-corrected chi connectivity index (χ3v) is 4.26. The summed E-state index contributed by atoms with van der Waals surface area (Å²) in [5, 5.41) is 0.777. The molecule has 2 aromatic carbocycles. The predicted molar refractivity (Wildman–Crippen MR) is 85.5 cm³/mol. The van der Waals surface area contributed by atoms with Crippen LogP contribution in [0.25, 0.3) is 0 Å². The van der Waals surface area contributed by atoms with Gasteiger partial charge in [0.1, 0.15) is 0 Å². The van der Waals surface area contributed by atoms with Crippen LogP contribution in [0.5, 0.6) is 0 Å². The van der Waals surface area contributed by atoms with Crippen molar-refractivity contribution in [1.29, 1.82) is 0 Å². The highest BCUT2D eigenvalue weighted by Gasteiger charge is 2.10. The standard InChI is InChI=1S/C16H17BrClN/c17-16-4-2-1-3-14(16)10-13(11-19)9-12-5-7-15(18)8-6-12/h1-8,13H,9-11,19H2. The molecule has 1 atom stereocenters. The van der Waals surface area contributed by atoms with Crippen molar-refractivity contribution in [1.82, 2.24) is 0 Å². The second-order valence-electron chi connectivity index (χ2n) is 4.73. The molecule has 0 aliphatic rings. The summed E-state index contributed by atoms with van der Waals surface area (Å²) in [4.78, 5) is 0. The Balaban J connectivity index is 2.05. The largest absolute Gasteiger partial charge is 0.330 e. The van der Waals surface area contributed by atoms with Crippen LogP contribution in [-0.4, -0.2) is 6.54 Å². The summed E-state index contributed by atoms with van der Waals surface area (Å²) in [6.07, 6.45) is 1.97. The van der Waals surface area contributed by atoms with Gasteiger partial charge in [-0.2, -0.15) is 0 Å². The number of benzene rings is 2. The lowest BCUT2D eigenvalue weighted by atomic mass is 9.93. The zero-order valence-electron chi connectivity index (χ0n) is 10.7. The van der Waals surface area contributed by atoms with E-state index in [4.69, 9.17) is 17.3 Å². The van der Waals surface area contributed by atoms with Crippen molar-refractivity contribution in [2.24, 2.45) is 11.7 Å². The first-order valence-corrected chi connectivity index (χ1v) is 7.54. The van der Waals surface area contributed by atoms with Crippen molar-refractivity contribution in [3.8, 4) is 0 Å². The number of rotatable bonds is 5. The first kappa shape index (κ1) is 14.6. The highest BCUT2D eigenvalue weighted by molar-refractivity contribution is 9.10. The molecule has 2 rings (SSSR count). The fourth-order valence-corrected chi connectivity index (χ4v) is 2.74. The first-order valence-electron chi connectivity index (χ1n) is 6.37. The molecule has 0 fully saturated rings. The molecule has 1 unspecified atom stereocenters. The molecule has 0 saturated heterocycles. The van der Waals surface area contributed by atoms with E-state index in [9.17, 15) is 0 Å². The van der Waals surface area contributed by atoms with Crippen molar-refractivity contribution < 1.29 is 0 Å². The fraction of sp³-hybridized carbons (Fsp3) is 0.250. The van der Waals surface area contributed by atoms with E-state index in [1.165, 1.54) is 11.1 Å². The zero-order chi connectivity index (χ0) is 13.7. The number of hydrogen-bond donors (Lipinski definition) is 1. The van der Waals surface area contributed by atoms with Gasteiger partial charge in [0.05, 0.1) is 0 Å². The quantitative estimate of drug-likeness (QED) is 0.855. The molecule has 0 aliphatic heterocycles. The van der Waals surface area contributed by atoms with Crippen molar-refractivity contribution >= 4 is 27.5 Å². The van der Waals surface area contributed by atoms with Crippen molar-refractivity contribution in [2.45, 2.75) is 12.8 Å². The van der Waals surface area contributed by atoms with Gasteiger partial charge in [-0.1, -0.05) is 57.9 Å². The van der Waals surface area contributed by atoms with Crippen molar-refractivity contribution in [3.05, 3.63) is 69.2 Å². The van der Waals surface area contributed by atoms with E-state index >= 15 is 0 Å². The molecule has 0 spiro atoms. The van der Waals surface area contributed by atoms with Crippen LogP contribution in [0, 0.1) is 5.92 Å². The van der Waals surface area contributed by atoms with Gasteiger partial charge in [-0.25, -0.2) is 0 Å². The summed E-state index contributed by atoms with van der Waals surface area (Å²) >= 11 is 9.49. The highest BCUT2D eigenvalue weighted by Crippen LogP contribution is 2.21. The Labute approximate surface area is 127 Å². The molecule has 1 nitrogen and oxygen atoms in total. The molecule has 3 heteroatoms. The summed E-state index contributed by atoms with van der Waals surface area (Å²) in [6, 6.07) is 16.3. The van der Waals surface area contributed by atoms with Gasteiger partial charge in [0.15, 0.2) is 0 Å².